The van der Waals surface area contributed by atoms with Crippen LogP contribution in [0.2, 0.25) is 0 Å². The Bertz CT molecular complexity index is 348. The Kier molecular flexibility index (Phi) is 6.89. The van der Waals surface area contributed by atoms with E-state index in [2.05, 4.69) is 30.9 Å². The number of nitrogens with zero attached hydrogens (tertiary/aromatic N) is 1. The molecule has 1 unspecified atom stereocenters. The van der Waals surface area contributed by atoms with Crippen molar-refractivity contribution in [3.63, 3.8) is 0 Å². The van der Waals surface area contributed by atoms with Gasteiger partial charge in [0.25, 0.3) is 0 Å². The van der Waals surface area contributed by atoms with Gasteiger partial charge in [-0.15, -0.1) is 0 Å². The lowest BCUT2D eigenvalue weighted by Gasteiger charge is -2.24. The summed E-state index contributed by atoms with van der Waals surface area (Å²) in [6.45, 7) is 11.5. The van der Waals surface area contributed by atoms with Crippen LogP contribution in [0.4, 0.5) is 0 Å². The molecule has 1 rings (SSSR count). The Morgan fingerprint density at radius 3 is 2.26 bits per heavy atom. The highest BCUT2D eigenvalue weighted by Gasteiger charge is 2.10. The lowest BCUT2D eigenvalue weighted by Crippen LogP contribution is -2.32. The maximum Gasteiger partial charge on any atom is 0.119 e. The summed E-state index contributed by atoms with van der Waals surface area (Å²) >= 11 is 0. The molecule has 0 bridgehead atoms. The fourth-order valence-electron chi connectivity index (χ4n) is 2.14. The Morgan fingerprint density at radius 1 is 1.16 bits per heavy atom. The quantitative estimate of drug-likeness (QED) is 0.783. The van der Waals surface area contributed by atoms with Crippen molar-refractivity contribution in [2.24, 2.45) is 5.73 Å². The lowest BCUT2D eigenvalue weighted by molar-refractivity contribution is 0.242. The molecule has 0 heterocycles. The van der Waals surface area contributed by atoms with E-state index in [4.69, 9.17) is 10.5 Å². The summed E-state index contributed by atoms with van der Waals surface area (Å²) < 4.78 is 5.64. The van der Waals surface area contributed by atoms with Gasteiger partial charge in [0.1, 0.15) is 5.75 Å². The summed E-state index contributed by atoms with van der Waals surface area (Å²) in [7, 11) is 0. The van der Waals surface area contributed by atoms with Gasteiger partial charge in [-0.25, -0.2) is 0 Å². The Balaban J connectivity index is 2.59. The van der Waals surface area contributed by atoms with Gasteiger partial charge in [0.05, 0.1) is 6.10 Å². The van der Waals surface area contributed by atoms with E-state index in [-0.39, 0.29) is 12.1 Å². The predicted molar refractivity (Wildman–Crippen MR) is 81.5 cm³/mol. The van der Waals surface area contributed by atoms with E-state index < -0.39 is 0 Å². The second-order valence-corrected chi connectivity index (χ2v) is 5.24. The Hall–Kier alpha value is -1.06. The van der Waals surface area contributed by atoms with Crippen molar-refractivity contribution in [2.45, 2.75) is 46.3 Å². The van der Waals surface area contributed by atoms with Crippen LogP contribution in [0.5, 0.6) is 5.75 Å². The SMILES string of the molecule is CCCN(CC)CC(N)c1ccc(OC(C)C)cc1. The summed E-state index contributed by atoms with van der Waals surface area (Å²) in [5, 5.41) is 0. The van der Waals surface area contributed by atoms with Crippen LogP contribution in [0.1, 0.15) is 45.7 Å². The third-order valence-electron chi connectivity index (χ3n) is 3.12. The minimum Gasteiger partial charge on any atom is -0.491 e. The van der Waals surface area contributed by atoms with Gasteiger partial charge in [0.15, 0.2) is 0 Å². The first-order chi connectivity index (χ1) is 9.06. The maximum atomic E-state index is 6.27. The van der Waals surface area contributed by atoms with Gasteiger partial charge in [-0.1, -0.05) is 26.0 Å². The number of benzene rings is 1. The molecule has 0 aliphatic rings. The monoisotopic (exact) mass is 264 g/mol. The number of rotatable bonds is 8. The molecule has 0 aliphatic carbocycles. The van der Waals surface area contributed by atoms with Crippen LogP contribution in [0.25, 0.3) is 0 Å². The van der Waals surface area contributed by atoms with E-state index >= 15 is 0 Å². The first kappa shape index (κ1) is 16.0. The first-order valence-corrected chi connectivity index (χ1v) is 7.31. The Labute approximate surface area is 117 Å². The van der Waals surface area contributed by atoms with Gasteiger partial charge in [-0.2, -0.15) is 0 Å². The molecule has 1 atom stereocenters. The standard InChI is InChI=1S/C16H28N2O/c1-5-11-18(6-2)12-16(17)14-7-9-15(10-8-14)19-13(3)4/h7-10,13,16H,5-6,11-12,17H2,1-4H3. The van der Waals surface area contributed by atoms with Crippen LogP contribution in [0.3, 0.4) is 0 Å². The number of hydrogen-bond donors (Lipinski definition) is 1. The van der Waals surface area contributed by atoms with Crippen molar-refractivity contribution in [3.05, 3.63) is 29.8 Å². The zero-order chi connectivity index (χ0) is 14.3. The van der Waals surface area contributed by atoms with Crippen molar-refractivity contribution >= 4 is 0 Å². The van der Waals surface area contributed by atoms with Crippen LogP contribution in [0.15, 0.2) is 24.3 Å². The van der Waals surface area contributed by atoms with Crippen molar-refractivity contribution in [2.75, 3.05) is 19.6 Å². The van der Waals surface area contributed by atoms with E-state index in [0.29, 0.717) is 0 Å². The zero-order valence-electron chi connectivity index (χ0n) is 12.7. The van der Waals surface area contributed by atoms with Crippen molar-refractivity contribution in [1.82, 2.24) is 4.90 Å². The summed E-state index contributed by atoms with van der Waals surface area (Å²) in [6.07, 6.45) is 1.38. The minimum absolute atomic E-state index is 0.0691. The van der Waals surface area contributed by atoms with Crippen molar-refractivity contribution in [3.8, 4) is 5.75 Å². The average Bonchev–Trinajstić information content (AvgIpc) is 2.38. The molecule has 0 spiro atoms. The summed E-state index contributed by atoms with van der Waals surface area (Å²) in [5.74, 6) is 0.909. The van der Waals surface area contributed by atoms with Crippen LogP contribution in [-0.2, 0) is 0 Å². The molecule has 0 saturated carbocycles. The highest BCUT2D eigenvalue weighted by atomic mass is 16.5. The normalized spacial score (nSPS) is 13.0. The van der Waals surface area contributed by atoms with Crippen LogP contribution >= 0.6 is 0 Å². The number of hydrogen-bond acceptors (Lipinski definition) is 3. The van der Waals surface area contributed by atoms with Crippen molar-refractivity contribution in [1.29, 1.82) is 0 Å². The highest BCUT2D eigenvalue weighted by molar-refractivity contribution is 5.29. The molecule has 0 radical (unpaired) electrons. The molecule has 3 nitrogen and oxygen atoms in total. The van der Waals surface area contributed by atoms with Crippen LogP contribution < -0.4 is 10.5 Å². The third kappa shape index (κ3) is 5.62. The molecular weight excluding hydrogens is 236 g/mol. The molecule has 108 valence electrons. The number of likely N-dealkylation sites (N-methyl/N-ethyl adjacent to an activating group) is 1. The molecule has 2 N–H and O–H groups in total. The maximum absolute atomic E-state index is 6.27. The van der Waals surface area contributed by atoms with E-state index in [1.165, 1.54) is 12.0 Å². The van der Waals surface area contributed by atoms with E-state index in [0.717, 1.165) is 25.4 Å². The number of ether oxygens (including phenoxy) is 1. The van der Waals surface area contributed by atoms with Crippen LogP contribution in [0, 0.1) is 0 Å². The van der Waals surface area contributed by atoms with Gasteiger partial charge < -0.3 is 15.4 Å². The Morgan fingerprint density at radius 2 is 1.79 bits per heavy atom. The highest BCUT2D eigenvalue weighted by Crippen LogP contribution is 2.18. The molecule has 0 aliphatic heterocycles. The zero-order valence-corrected chi connectivity index (χ0v) is 12.7. The topological polar surface area (TPSA) is 38.5 Å². The molecule has 0 amide bonds. The second kappa shape index (κ2) is 8.18. The average molecular weight is 264 g/mol. The summed E-state index contributed by atoms with van der Waals surface area (Å²) in [5.41, 5.74) is 7.44. The number of nitrogens with two attached hydrogens (primary N) is 1. The second-order valence-electron chi connectivity index (χ2n) is 5.24. The molecule has 3 heteroatoms. The fraction of sp³-hybridized carbons (Fsp3) is 0.625. The molecular formula is C16H28N2O. The minimum atomic E-state index is 0.0691. The largest absolute Gasteiger partial charge is 0.491 e. The van der Waals surface area contributed by atoms with E-state index in [1.54, 1.807) is 0 Å². The van der Waals surface area contributed by atoms with Crippen LogP contribution in [-0.4, -0.2) is 30.6 Å². The molecule has 0 fully saturated rings. The van der Waals surface area contributed by atoms with E-state index in [9.17, 15) is 0 Å². The van der Waals surface area contributed by atoms with Crippen molar-refractivity contribution < 1.29 is 4.74 Å². The smallest absolute Gasteiger partial charge is 0.119 e. The van der Waals surface area contributed by atoms with Gasteiger partial charge in [0.2, 0.25) is 0 Å². The predicted octanol–water partition coefficient (Wildman–Crippen LogP) is 3.21. The first-order valence-electron chi connectivity index (χ1n) is 7.31. The van der Waals surface area contributed by atoms with E-state index in [1.807, 2.05) is 26.0 Å². The summed E-state index contributed by atoms with van der Waals surface area (Å²) in [6, 6.07) is 8.22. The van der Waals surface area contributed by atoms with Gasteiger partial charge in [-0.3, -0.25) is 0 Å². The fourth-order valence-corrected chi connectivity index (χ4v) is 2.14. The van der Waals surface area contributed by atoms with Gasteiger partial charge in [0, 0.05) is 12.6 Å². The molecule has 0 saturated heterocycles. The molecule has 0 aromatic heterocycles. The third-order valence-corrected chi connectivity index (χ3v) is 3.12. The molecule has 19 heavy (non-hydrogen) atoms. The summed E-state index contributed by atoms with van der Waals surface area (Å²) in [4.78, 5) is 2.39. The molecule has 1 aromatic carbocycles. The van der Waals surface area contributed by atoms with Gasteiger partial charge >= 0.3 is 0 Å². The molecule has 1 aromatic rings. The van der Waals surface area contributed by atoms with Gasteiger partial charge in [-0.05, 0) is 51.1 Å². The lowest BCUT2D eigenvalue weighted by atomic mass is 10.1.